The molecule has 2 heterocycles. The van der Waals surface area contributed by atoms with Crippen molar-refractivity contribution in [1.82, 2.24) is 0 Å². The Hall–Kier alpha value is -1.50. The lowest BCUT2D eigenvalue weighted by atomic mass is 9.98. The molecule has 0 unspecified atom stereocenters. The van der Waals surface area contributed by atoms with E-state index in [1.54, 1.807) is 0 Å². The summed E-state index contributed by atoms with van der Waals surface area (Å²) in [6, 6.07) is 0. The molecule has 0 aliphatic carbocycles. The smallest absolute Gasteiger partial charge is 0.306 e. The molecule has 2 aliphatic rings. The van der Waals surface area contributed by atoms with E-state index in [0.29, 0.717) is 12.8 Å². The molecular weight excluding hydrogens is 564 g/mol. The third kappa shape index (κ3) is 11.2. The Morgan fingerprint density at radius 1 is 0.667 bits per heavy atom. The van der Waals surface area contributed by atoms with Crippen LogP contribution in [0.1, 0.15) is 65.2 Å². The molecule has 2 fully saturated rings. The van der Waals surface area contributed by atoms with Gasteiger partial charge in [0.2, 0.25) is 0 Å². The predicted molar refractivity (Wildman–Crippen MR) is 141 cm³/mol. The molecule has 0 bridgehead atoms. The molecule has 2 rings (SSSR count). The number of rotatable bonds is 18. The van der Waals surface area contributed by atoms with E-state index in [4.69, 9.17) is 28.4 Å². The van der Waals surface area contributed by atoms with Gasteiger partial charge in [0.15, 0.2) is 18.7 Å². The van der Waals surface area contributed by atoms with Crippen LogP contribution in [0.25, 0.3) is 0 Å². The third-order valence-corrected chi connectivity index (χ3v) is 7.09. The minimum absolute atomic E-state index is 0.142. The van der Waals surface area contributed by atoms with Crippen LogP contribution in [-0.2, 0) is 38.0 Å². The van der Waals surface area contributed by atoms with Crippen LogP contribution in [0.3, 0.4) is 0 Å². The summed E-state index contributed by atoms with van der Waals surface area (Å²) in [5.74, 6) is -0.991. The van der Waals surface area contributed by atoms with Crippen molar-refractivity contribution < 1.29 is 73.8 Å². The van der Waals surface area contributed by atoms with Crippen LogP contribution in [-0.4, -0.2) is 142 Å². The lowest BCUT2D eigenvalue weighted by molar-refractivity contribution is -0.332. The Kier molecular flexibility index (Phi) is 16.6. The van der Waals surface area contributed by atoms with Gasteiger partial charge < -0.3 is 64.2 Å². The van der Waals surface area contributed by atoms with E-state index in [1.165, 1.54) is 0 Å². The fraction of sp³-hybridized carbons (Fsp3) is 0.926. The largest absolute Gasteiger partial charge is 0.462 e. The monoisotopic (exact) mass is 612 g/mol. The molecule has 2 saturated heterocycles. The number of aliphatic hydroxyl groups excluding tert-OH is 7. The molecule has 0 aromatic rings. The van der Waals surface area contributed by atoms with Crippen LogP contribution in [0.15, 0.2) is 0 Å². The molecule has 15 nitrogen and oxygen atoms in total. The molecule has 0 radical (unpaired) electrons. The highest BCUT2D eigenvalue weighted by atomic mass is 16.7. The SMILES string of the molecule is CCCCCCC(=O)OC[C@H](CO[C@@H]1O[C@H](CO[C@H]2O[C@H](CO)[C@H](O)[C@H](O)[C@H]2O)[C@H](O)[C@H](O)[C@H]1O)OC(=O)CCCC. The maximum absolute atomic E-state index is 12.2. The van der Waals surface area contributed by atoms with Gasteiger partial charge in [0.25, 0.3) is 0 Å². The van der Waals surface area contributed by atoms with Crippen LogP contribution in [0.5, 0.6) is 0 Å². The van der Waals surface area contributed by atoms with Gasteiger partial charge in [0, 0.05) is 12.8 Å². The molecule has 7 N–H and O–H groups in total. The van der Waals surface area contributed by atoms with Crippen molar-refractivity contribution >= 4 is 11.9 Å². The lowest BCUT2D eigenvalue weighted by Crippen LogP contribution is -2.61. The molecule has 42 heavy (non-hydrogen) atoms. The van der Waals surface area contributed by atoms with Crippen molar-refractivity contribution in [2.24, 2.45) is 0 Å². The Morgan fingerprint density at radius 2 is 1.24 bits per heavy atom. The molecule has 2 aliphatic heterocycles. The topological polar surface area (TPSA) is 231 Å². The lowest BCUT2D eigenvalue weighted by Gasteiger charge is -2.42. The Bertz CT molecular complexity index is 783. The normalized spacial score (nSPS) is 34.1. The highest BCUT2D eigenvalue weighted by Crippen LogP contribution is 2.26. The van der Waals surface area contributed by atoms with Gasteiger partial charge in [0.05, 0.1) is 19.8 Å². The van der Waals surface area contributed by atoms with Gasteiger partial charge in [-0.3, -0.25) is 9.59 Å². The standard InChI is InChI=1S/C27H48O15/c1-3-5-7-8-10-18(29)37-12-15(40-19(30)9-6-4-2)13-38-26-25(36)23(34)21(32)17(42-26)14-39-27-24(35)22(33)20(31)16(11-28)41-27/h15-17,20-28,31-36H,3-14H2,1-2H3/t15-,16-,17-,20+,21+,22+,23+,24-,25-,26-,27+/m1/s1. The molecule has 15 heteroatoms. The number of aliphatic hydroxyl groups is 7. The number of esters is 2. The van der Waals surface area contributed by atoms with E-state index in [1.807, 2.05) is 6.92 Å². The highest BCUT2D eigenvalue weighted by Gasteiger charge is 2.47. The van der Waals surface area contributed by atoms with Gasteiger partial charge in [0.1, 0.15) is 55.4 Å². The number of carbonyl (C=O) groups is 2. The van der Waals surface area contributed by atoms with Crippen molar-refractivity contribution in [2.75, 3.05) is 26.4 Å². The summed E-state index contributed by atoms with van der Waals surface area (Å²) in [6.07, 6.45) is -11.5. The number of carbonyl (C=O) groups excluding carboxylic acids is 2. The van der Waals surface area contributed by atoms with E-state index < -0.39 is 92.7 Å². The summed E-state index contributed by atoms with van der Waals surface area (Å²) in [5.41, 5.74) is 0. The number of hydrogen-bond acceptors (Lipinski definition) is 15. The maximum Gasteiger partial charge on any atom is 0.306 e. The summed E-state index contributed by atoms with van der Waals surface area (Å²) in [7, 11) is 0. The van der Waals surface area contributed by atoms with Gasteiger partial charge in [-0.1, -0.05) is 39.5 Å². The second-order valence-corrected chi connectivity index (χ2v) is 10.6. The second kappa shape index (κ2) is 19.0. The van der Waals surface area contributed by atoms with Crippen LogP contribution in [0.4, 0.5) is 0 Å². The van der Waals surface area contributed by atoms with Crippen LogP contribution in [0, 0.1) is 0 Å². The molecular formula is C27H48O15. The van der Waals surface area contributed by atoms with Gasteiger partial charge >= 0.3 is 11.9 Å². The molecule has 246 valence electrons. The number of unbranched alkanes of at least 4 members (excludes halogenated alkanes) is 4. The van der Waals surface area contributed by atoms with Crippen molar-refractivity contribution in [2.45, 2.75) is 133 Å². The predicted octanol–water partition coefficient (Wildman–Crippen LogP) is -1.76. The average Bonchev–Trinajstić information content (AvgIpc) is 2.98. The minimum Gasteiger partial charge on any atom is -0.462 e. The Labute approximate surface area is 245 Å². The molecule has 0 amide bonds. The Balaban J connectivity index is 1.97. The summed E-state index contributed by atoms with van der Waals surface area (Å²) in [4.78, 5) is 24.4. The van der Waals surface area contributed by atoms with Gasteiger partial charge in [-0.25, -0.2) is 0 Å². The van der Waals surface area contributed by atoms with Crippen molar-refractivity contribution in [3.05, 3.63) is 0 Å². The van der Waals surface area contributed by atoms with Crippen molar-refractivity contribution in [1.29, 1.82) is 0 Å². The number of hydrogen-bond donors (Lipinski definition) is 7. The zero-order valence-corrected chi connectivity index (χ0v) is 24.2. The summed E-state index contributed by atoms with van der Waals surface area (Å²) in [6.45, 7) is 2.07. The molecule has 0 spiro atoms. The third-order valence-electron chi connectivity index (χ3n) is 7.09. The quantitative estimate of drug-likeness (QED) is 0.0671. The summed E-state index contributed by atoms with van der Waals surface area (Å²) >= 11 is 0. The second-order valence-electron chi connectivity index (χ2n) is 10.6. The summed E-state index contributed by atoms with van der Waals surface area (Å²) in [5, 5.41) is 70.6. The van der Waals surface area contributed by atoms with E-state index in [0.717, 1.165) is 25.7 Å². The van der Waals surface area contributed by atoms with Crippen molar-refractivity contribution in [3.63, 3.8) is 0 Å². The minimum atomic E-state index is -1.75. The van der Waals surface area contributed by atoms with Crippen LogP contribution >= 0.6 is 0 Å². The highest BCUT2D eigenvalue weighted by molar-refractivity contribution is 5.70. The first-order valence-electron chi connectivity index (χ1n) is 14.6. The van der Waals surface area contributed by atoms with Gasteiger partial charge in [-0.2, -0.15) is 0 Å². The maximum atomic E-state index is 12.2. The first kappa shape index (κ1) is 36.7. The summed E-state index contributed by atoms with van der Waals surface area (Å²) < 4.78 is 32.5. The van der Waals surface area contributed by atoms with E-state index in [2.05, 4.69) is 6.92 Å². The van der Waals surface area contributed by atoms with Gasteiger partial charge in [-0.05, 0) is 12.8 Å². The zero-order chi connectivity index (χ0) is 31.2. The van der Waals surface area contributed by atoms with Crippen LogP contribution < -0.4 is 0 Å². The van der Waals surface area contributed by atoms with E-state index >= 15 is 0 Å². The molecule has 0 saturated carbocycles. The van der Waals surface area contributed by atoms with E-state index in [9.17, 15) is 45.3 Å². The molecule has 0 aromatic heterocycles. The number of ether oxygens (including phenoxy) is 6. The van der Waals surface area contributed by atoms with Crippen LogP contribution in [0.2, 0.25) is 0 Å². The molecule has 0 aromatic carbocycles. The van der Waals surface area contributed by atoms with E-state index in [-0.39, 0.29) is 26.1 Å². The fourth-order valence-electron chi connectivity index (χ4n) is 4.43. The first-order valence-corrected chi connectivity index (χ1v) is 14.6. The van der Waals surface area contributed by atoms with Gasteiger partial charge in [-0.15, -0.1) is 0 Å². The molecule has 11 atom stereocenters. The first-order chi connectivity index (χ1) is 20.0. The zero-order valence-electron chi connectivity index (χ0n) is 24.2. The fourth-order valence-corrected chi connectivity index (χ4v) is 4.43. The average molecular weight is 613 g/mol. The Morgan fingerprint density at radius 3 is 1.86 bits per heavy atom. The van der Waals surface area contributed by atoms with Crippen molar-refractivity contribution in [3.8, 4) is 0 Å².